The number of rotatable bonds is 8. The maximum absolute atomic E-state index is 9.20. The molecule has 0 spiro atoms. The van der Waals surface area contributed by atoms with Gasteiger partial charge >= 0.3 is 7.12 Å². The third-order valence-corrected chi connectivity index (χ3v) is 4.32. The second kappa shape index (κ2) is 8.27. The number of hydrogen-bond acceptors (Lipinski definition) is 5. The molecule has 0 saturated heterocycles. The van der Waals surface area contributed by atoms with E-state index in [1.54, 1.807) is 12.1 Å². The van der Waals surface area contributed by atoms with Crippen molar-refractivity contribution in [1.29, 1.82) is 0 Å². The molecule has 2 N–H and O–H groups in total. The number of furan rings is 1. The van der Waals surface area contributed by atoms with E-state index in [-0.39, 0.29) is 5.66 Å². The molecule has 2 heterocycles. The fourth-order valence-corrected chi connectivity index (χ4v) is 2.90. The molecule has 0 aliphatic carbocycles. The van der Waals surface area contributed by atoms with Crippen LogP contribution in [0.3, 0.4) is 0 Å². The number of hydrogen-bond donors (Lipinski definition) is 2. The standard InChI is InChI=1S/C19H23BN2O3/c1-2-3-4-5-6-7-14-12-21-19(22-13-14)15-8-9-17-16(10-15)11-18(25-17)20(23)24/h8-13,23-24H,2-7H2,1H3. The minimum Gasteiger partial charge on any atom is -0.465 e. The van der Waals surface area contributed by atoms with Crippen molar-refractivity contribution in [3.8, 4) is 11.4 Å². The summed E-state index contributed by atoms with van der Waals surface area (Å²) in [6, 6.07) is 7.18. The first-order valence-corrected chi connectivity index (χ1v) is 8.88. The molecule has 0 aliphatic heterocycles. The summed E-state index contributed by atoms with van der Waals surface area (Å²) in [4.78, 5) is 8.94. The zero-order valence-corrected chi connectivity index (χ0v) is 14.5. The monoisotopic (exact) mass is 338 g/mol. The predicted octanol–water partition coefficient (Wildman–Crippen LogP) is 3.08. The predicted molar refractivity (Wildman–Crippen MR) is 99.5 cm³/mol. The summed E-state index contributed by atoms with van der Waals surface area (Å²) < 4.78 is 5.37. The molecular formula is C19H23BN2O3. The van der Waals surface area contributed by atoms with Crippen LogP contribution in [0.5, 0.6) is 0 Å². The Balaban J connectivity index is 1.68. The van der Waals surface area contributed by atoms with Crippen molar-refractivity contribution in [2.24, 2.45) is 0 Å². The number of nitrogens with zero attached hydrogens (tertiary/aromatic N) is 2. The van der Waals surface area contributed by atoms with Crippen molar-refractivity contribution in [2.75, 3.05) is 0 Å². The average Bonchev–Trinajstić information content (AvgIpc) is 3.06. The van der Waals surface area contributed by atoms with Gasteiger partial charge in [-0.2, -0.15) is 0 Å². The first kappa shape index (κ1) is 17.6. The van der Waals surface area contributed by atoms with Crippen molar-refractivity contribution < 1.29 is 14.5 Å². The second-order valence-electron chi connectivity index (χ2n) is 6.35. The third kappa shape index (κ3) is 4.47. The quantitative estimate of drug-likeness (QED) is 0.487. The normalized spacial score (nSPS) is 11.2. The van der Waals surface area contributed by atoms with Crippen LogP contribution in [0.25, 0.3) is 22.4 Å². The first-order valence-electron chi connectivity index (χ1n) is 8.88. The number of fused-ring (bicyclic) bond motifs is 1. The Hall–Kier alpha value is -2.18. The Labute approximate surface area is 147 Å². The van der Waals surface area contributed by atoms with Gasteiger partial charge in [0.1, 0.15) is 11.2 Å². The molecule has 0 aliphatic rings. The van der Waals surface area contributed by atoms with Crippen molar-refractivity contribution in [2.45, 2.75) is 45.4 Å². The molecule has 5 nitrogen and oxygen atoms in total. The van der Waals surface area contributed by atoms with Crippen LogP contribution in [0, 0.1) is 0 Å². The summed E-state index contributed by atoms with van der Waals surface area (Å²) >= 11 is 0. The minimum atomic E-state index is -1.61. The molecule has 0 bridgehead atoms. The lowest BCUT2D eigenvalue weighted by Crippen LogP contribution is -2.27. The molecule has 0 radical (unpaired) electrons. The van der Waals surface area contributed by atoms with Crippen LogP contribution < -0.4 is 5.66 Å². The lowest BCUT2D eigenvalue weighted by atomic mass is 9.88. The zero-order valence-electron chi connectivity index (χ0n) is 14.5. The van der Waals surface area contributed by atoms with Gasteiger partial charge in [-0.1, -0.05) is 32.6 Å². The van der Waals surface area contributed by atoms with E-state index in [0.29, 0.717) is 11.4 Å². The summed E-state index contributed by atoms with van der Waals surface area (Å²) in [7, 11) is -1.61. The van der Waals surface area contributed by atoms with Crippen molar-refractivity contribution in [3.05, 3.63) is 42.2 Å². The highest BCUT2D eigenvalue weighted by atomic mass is 16.4. The zero-order chi connectivity index (χ0) is 17.6. The molecule has 0 atom stereocenters. The van der Waals surface area contributed by atoms with Crippen LogP contribution >= 0.6 is 0 Å². The summed E-state index contributed by atoms with van der Waals surface area (Å²) in [6.45, 7) is 2.22. The van der Waals surface area contributed by atoms with E-state index in [1.165, 1.54) is 32.1 Å². The van der Waals surface area contributed by atoms with E-state index < -0.39 is 7.12 Å². The van der Waals surface area contributed by atoms with Crippen LogP contribution in [0.4, 0.5) is 0 Å². The van der Waals surface area contributed by atoms with Gasteiger partial charge in [0.15, 0.2) is 5.82 Å². The van der Waals surface area contributed by atoms with Gasteiger partial charge in [-0.25, -0.2) is 9.97 Å². The van der Waals surface area contributed by atoms with E-state index >= 15 is 0 Å². The summed E-state index contributed by atoms with van der Waals surface area (Å²) in [6.07, 6.45) is 11.1. The average molecular weight is 338 g/mol. The number of unbranched alkanes of at least 4 members (excludes halogenated alkanes) is 4. The third-order valence-electron chi connectivity index (χ3n) is 4.32. The molecule has 130 valence electrons. The lowest BCUT2D eigenvalue weighted by molar-refractivity contribution is 0.412. The van der Waals surface area contributed by atoms with Crippen molar-refractivity contribution >= 4 is 23.7 Å². The van der Waals surface area contributed by atoms with Gasteiger partial charge in [0.25, 0.3) is 0 Å². The highest BCUT2D eigenvalue weighted by molar-refractivity contribution is 6.57. The fraction of sp³-hybridized carbons (Fsp3) is 0.368. The highest BCUT2D eigenvalue weighted by Gasteiger charge is 2.17. The Kier molecular flexibility index (Phi) is 5.84. The smallest absolute Gasteiger partial charge is 0.465 e. The summed E-state index contributed by atoms with van der Waals surface area (Å²) in [5.74, 6) is 0.656. The molecule has 6 heteroatoms. The maximum atomic E-state index is 9.20. The summed E-state index contributed by atoms with van der Waals surface area (Å²) in [5, 5.41) is 19.2. The molecular weight excluding hydrogens is 315 g/mol. The van der Waals surface area contributed by atoms with Crippen molar-refractivity contribution in [3.63, 3.8) is 0 Å². The molecule has 0 unspecified atom stereocenters. The molecule has 0 fully saturated rings. The van der Waals surface area contributed by atoms with E-state index in [0.717, 1.165) is 22.9 Å². The van der Waals surface area contributed by atoms with Crippen LogP contribution in [0.2, 0.25) is 0 Å². The number of aryl methyl sites for hydroxylation is 1. The highest BCUT2D eigenvalue weighted by Crippen LogP contribution is 2.22. The van der Waals surface area contributed by atoms with Crippen molar-refractivity contribution in [1.82, 2.24) is 9.97 Å². The molecule has 0 amide bonds. The van der Waals surface area contributed by atoms with Crippen LogP contribution in [0.15, 0.2) is 41.1 Å². The van der Waals surface area contributed by atoms with Gasteiger partial charge in [0.2, 0.25) is 0 Å². The SMILES string of the molecule is CCCCCCCc1cnc(-c2ccc3oc(B(O)O)cc3c2)nc1. The number of benzene rings is 1. The summed E-state index contributed by atoms with van der Waals surface area (Å²) in [5.41, 5.74) is 2.78. The minimum absolute atomic E-state index is 0.131. The Bertz CT molecular complexity index is 815. The molecule has 0 saturated carbocycles. The van der Waals surface area contributed by atoms with Gasteiger partial charge in [0, 0.05) is 23.3 Å². The second-order valence-corrected chi connectivity index (χ2v) is 6.35. The van der Waals surface area contributed by atoms with Gasteiger partial charge in [-0.15, -0.1) is 0 Å². The Morgan fingerprint density at radius 2 is 1.76 bits per heavy atom. The topological polar surface area (TPSA) is 79.4 Å². The number of aromatic nitrogens is 2. The van der Waals surface area contributed by atoms with Gasteiger partial charge < -0.3 is 14.5 Å². The maximum Gasteiger partial charge on any atom is 0.526 e. The van der Waals surface area contributed by atoms with E-state index in [2.05, 4.69) is 16.9 Å². The largest absolute Gasteiger partial charge is 0.526 e. The Morgan fingerprint density at radius 3 is 2.48 bits per heavy atom. The van der Waals surface area contributed by atoms with Crippen LogP contribution in [-0.2, 0) is 6.42 Å². The fourth-order valence-electron chi connectivity index (χ4n) is 2.90. The molecule has 25 heavy (non-hydrogen) atoms. The van der Waals surface area contributed by atoms with Crippen LogP contribution in [0.1, 0.15) is 44.6 Å². The molecule has 1 aromatic carbocycles. The molecule has 3 rings (SSSR count). The first-order chi connectivity index (χ1) is 12.2. The van der Waals surface area contributed by atoms with E-state index in [9.17, 15) is 10.0 Å². The molecule has 2 aromatic heterocycles. The van der Waals surface area contributed by atoms with Gasteiger partial charge in [-0.05, 0) is 42.7 Å². The van der Waals surface area contributed by atoms with Gasteiger partial charge in [-0.3, -0.25) is 0 Å². The van der Waals surface area contributed by atoms with Gasteiger partial charge in [0.05, 0.1) is 0 Å². The van der Waals surface area contributed by atoms with Crippen LogP contribution in [-0.4, -0.2) is 27.1 Å². The van der Waals surface area contributed by atoms with E-state index in [1.807, 2.05) is 24.5 Å². The Morgan fingerprint density at radius 1 is 1.00 bits per heavy atom. The molecule has 3 aromatic rings. The van der Waals surface area contributed by atoms with E-state index in [4.69, 9.17) is 4.42 Å². The lowest BCUT2D eigenvalue weighted by Gasteiger charge is -2.03.